The average molecular weight is 831 g/mol. The Hall–Kier alpha value is -1.01. The zero-order valence-electron chi connectivity index (χ0n) is 32.8. The number of benzene rings is 2. The Balaban J connectivity index is 0.000000134. The molecule has 0 saturated heterocycles. The molecule has 288 valence electrons. The van der Waals surface area contributed by atoms with Gasteiger partial charge in [0.15, 0.2) is 0 Å². The molecular formula is C50H68Cl2Zr-2. The maximum Gasteiger partial charge on any atom is -0.0430 e. The fourth-order valence-corrected chi connectivity index (χ4v) is 15.9. The molecule has 5 saturated carbocycles. The second kappa shape index (κ2) is 21.0. The van der Waals surface area contributed by atoms with Crippen molar-refractivity contribution in [2.45, 2.75) is 172 Å². The van der Waals surface area contributed by atoms with Crippen molar-refractivity contribution in [3.63, 3.8) is 0 Å². The number of rotatable bonds is 6. The first-order chi connectivity index (χ1) is 26.2. The van der Waals surface area contributed by atoms with Crippen LogP contribution in [-0.4, -0.2) is 3.21 Å². The normalized spacial score (nSPS) is 21.4. The molecule has 0 radical (unpaired) electrons. The molecule has 0 atom stereocenters. The summed E-state index contributed by atoms with van der Waals surface area (Å²) in [5.41, 5.74) is 3.38. The Morgan fingerprint density at radius 3 is 1.08 bits per heavy atom. The van der Waals surface area contributed by atoms with Crippen LogP contribution in [0.1, 0.15) is 183 Å². The third-order valence-corrected chi connectivity index (χ3v) is 20.2. The van der Waals surface area contributed by atoms with Crippen molar-refractivity contribution in [3.8, 4) is 0 Å². The van der Waals surface area contributed by atoms with E-state index in [0.717, 1.165) is 35.5 Å². The summed E-state index contributed by atoms with van der Waals surface area (Å²) in [5, 5.41) is 6.00. The van der Waals surface area contributed by atoms with Crippen LogP contribution >= 0.6 is 17.0 Å². The summed E-state index contributed by atoms with van der Waals surface area (Å²) in [7, 11) is 11.8. The number of hydrogen-bond acceptors (Lipinski definition) is 0. The van der Waals surface area contributed by atoms with Gasteiger partial charge in [-0.3, -0.25) is 0 Å². The van der Waals surface area contributed by atoms with Gasteiger partial charge in [0.1, 0.15) is 0 Å². The molecule has 4 aromatic carbocycles. The fraction of sp³-hybridized carbons (Fsp3) is 0.620. The molecule has 0 aromatic heterocycles. The summed E-state index contributed by atoms with van der Waals surface area (Å²) in [6, 6.07) is 27.8. The zero-order valence-corrected chi connectivity index (χ0v) is 36.8. The molecule has 5 aliphatic carbocycles. The van der Waals surface area contributed by atoms with E-state index < -0.39 is 18.9 Å². The standard InChI is InChI=1S/2C22H29.C6H10.2ClH.Zr/c2*1-3-10-18(11-4-1)22(19-12-5-2-6-13-19)21-16-15-17-9-7-8-14-20(17)21;1-2-4-6-5-3-1;;;/h2*7-9,14-16,18-19,22H,1-6,10-13H2;1-5H2;2*1H;/q2*-1;;;;+2/p-2. The van der Waals surface area contributed by atoms with Gasteiger partial charge in [-0.2, -0.15) is 0 Å². The summed E-state index contributed by atoms with van der Waals surface area (Å²) in [6.07, 6.45) is 35.9. The maximum atomic E-state index is 5.88. The first kappa shape index (κ1) is 40.2. The first-order valence-electron chi connectivity index (χ1n) is 22.5. The molecule has 0 nitrogen and oxygen atoms in total. The minimum Gasteiger partial charge on any atom is -0.150 e. The Bertz CT molecular complexity index is 1530. The van der Waals surface area contributed by atoms with Crippen molar-refractivity contribution in [1.82, 2.24) is 0 Å². The van der Waals surface area contributed by atoms with Gasteiger partial charge < -0.3 is 0 Å². The van der Waals surface area contributed by atoms with Gasteiger partial charge >= 0.3 is 71.2 Å². The van der Waals surface area contributed by atoms with Crippen LogP contribution in [0.15, 0.2) is 72.8 Å². The molecule has 0 spiro atoms. The molecule has 0 unspecified atom stereocenters. The van der Waals surface area contributed by atoms with E-state index in [9.17, 15) is 0 Å². The largest absolute Gasteiger partial charge is 0.150 e. The van der Waals surface area contributed by atoms with E-state index in [-0.39, 0.29) is 0 Å². The quantitative estimate of drug-likeness (QED) is 0.170. The molecule has 0 heterocycles. The van der Waals surface area contributed by atoms with Gasteiger partial charge in [-0.1, -0.05) is 152 Å². The predicted molar refractivity (Wildman–Crippen MR) is 231 cm³/mol. The zero-order chi connectivity index (χ0) is 36.2. The Kier molecular flexibility index (Phi) is 15.9. The van der Waals surface area contributed by atoms with Gasteiger partial charge in [0.25, 0.3) is 0 Å². The predicted octanol–water partition coefficient (Wildman–Crippen LogP) is 16.7. The van der Waals surface area contributed by atoms with Gasteiger partial charge in [0.05, 0.1) is 0 Å². The molecule has 9 rings (SSSR count). The minimum atomic E-state index is -1.88. The second-order valence-corrected chi connectivity index (χ2v) is 26.5. The van der Waals surface area contributed by atoms with E-state index in [1.54, 1.807) is 21.9 Å². The molecule has 5 aliphatic rings. The second-order valence-electron chi connectivity index (χ2n) is 17.8. The molecule has 0 amide bonds. The van der Waals surface area contributed by atoms with Crippen LogP contribution in [0.2, 0.25) is 0 Å². The monoisotopic (exact) mass is 828 g/mol. The summed E-state index contributed by atoms with van der Waals surface area (Å²) in [6.45, 7) is 0. The maximum absolute atomic E-state index is 5.88. The fourth-order valence-electron chi connectivity index (χ4n) is 11.9. The van der Waals surface area contributed by atoms with Crippen molar-refractivity contribution in [2.24, 2.45) is 23.7 Å². The van der Waals surface area contributed by atoms with Gasteiger partial charge in [0, 0.05) is 0 Å². The van der Waals surface area contributed by atoms with Gasteiger partial charge in [0.2, 0.25) is 0 Å². The van der Waals surface area contributed by atoms with E-state index in [2.05, 4.69) is 72.8 Å². The molecule has 0 N–H and O–H groups in total. The Morgan fingerprint density at radius 2 is 0.755 bits per heavy atom. The van der Waals surface area contributed by atoms with Crippen molar-refractivity contribution in [1.29, 1.82) is 0 Å². The summed E-state index contributed by atoms with van der Waals surface area (Å²) in [4.78, 5) is 0. The molecule has 5 fully saturated rings. The number of halogens is 2. The van der Waals surface area contributed by atoms with Gasteiger partial charge in [-0.05, 0) is 23.7 Å². The molecule has 0 aliphatic heterocycles. The van der Waals surface area contributed by atoms with Crippen molar-refractivity contribution >= 4 is 41.8 Å². The van der Waals surface area contributed by atoms with Gasteiger partial charge in [-0.25, -0.2) is 0 Å². The van der Waals surface area contributed by atoms with Crippen LogP contribution in [-0.2, 0) is 18.9 Å². The SMILES string of the molecule is [Cl][Zr]([Cl])=[C]1CCCCC1.c1ccc2c(C(C3CCCCC3)C3CCCCC3)c[cH-]c2c1.c1ccc2c(C(C3CCCCC3)C3CCCCC3)c[cH-]c2c1. The summed E-state index contributed by atoms with van der Waals surface area (Å²) in [5.74, 6) is 5.46. The smallest absolute Gasteiger partial charge is 0.0430 e. The van der Waals surface area contributed by atoms with Crippen LogP contribution in [0.5, 0.6) is 0 Å². The van der Waals surface area contributed by atoms with Crippen LogP contribution in [0.25, 0.3) is 21.5 Å². The van der Waals surface area contributed by atoms with E-state index in [1.165, 1.54) is 174 Å². The average Bonchev–Trinajstić information content (AvgIpc) is 3.86. The topological polar surface area (TPSA) is 0 Å². The van der Waals surface area contributed by atoms with Crippen molar-refractivity contribution in [2.75, 3.05) is 0 Å². The summed E-state index contributed by atoms with van der Waals surface area (Å²) >= 11 is -1.88. The number of fused-ring (bicyclic) bond motifs is 2. The van der Waals surface area contributed by atoms with Gasteiger partial charge in [-0.15, -0.1) is 93.3 Å². The first-order valence-corrected chi connectivity index (χ1v) is 30.0. The van der Waals surface area contributed by atoms with E-state index >= 15 is 0 Å². The van der Waals surface area contributed by atoms with E-state index in [1.807, 2.05) is 0 Å². The van der Waals surface area contributed by atoms with E-state index in [0.29, 0.717) is 0 Å². The molecule has 0 bridgehead atoms. The van der Waals surface area contributed by atoms with Crippen LogP contribution in [0, 0.1) is 23.7 Å². The Labute approximate surface area is 338 Å². The third kappa shape index (κ3) is 10.7. The minimum absolute atomic E-state index is 0.834. The molecule has 3 heteroatoms. The Morgan fingerprint density at radius 1 is 0.434 bits per heavy atom. The molecule has 4 aromatic rings. The van der Waals surface area contributed by atoms with Crippen molar-refractivity contribution in [3.05, 3.63) is 83.9 Å². The molecular weight excluding hydrogens is 763 g/mol. The van der Waals surface area contributed by atoms with Crippen molar-refractivity contribution < 1.29 is 18.9 Å². The van der Waals surface area contributed by atoms with Crippen LogP contribution in [0.4, 0.5) is 0 Å². The summed E-state index contributed by atoms with van der Waals surface area (Å²) < 4.78 is 1.53. The number of hydrogen-bond donors (Lipinski definition) is 0. The van der Waals surface area contributed by atoms with Crippen LogP contribution in [0.3, 0.4) is 0 Å². The molecule has 53 heavy (non-hydrogen) atoms. The van der Waals surface area contributed by atoms with Crippen LogP contribution < -0.4 is 0 Å². The van der Waals surface area contributed by atoms with E-state index in [4.69, 9.17) is 17.0 Å². The third-order valence-electron chi connectivity index (χ3n) is 14.5.